The molecule has 12 heteroatoms. The number of aromatic nitrogens is 5. The van der Waals surface area contributed by atoms with Crippen molar-refractivity contribution >= 4 is 47.6 Å². The maximum Gasteiger partial charge on any atom is 0.257 e. The first-order valence-corrected chi connectivity index (χ1v) is 10.6. The van der Waals surface area contributed by atoms with Crippen molar-refractivity contribution in [3.8, 4) is 11.5 Å². The lowest BCUT2D eigenvalue weighted by atomic mass is 10.1. The molecule has 3 aromatic rings. The summed E-state index contributed by atoms with van der Waals surface area (Å²) in [5.74, 6) is 0.719. The standard InChI is InChI=1S/C20H26N8O2.2ClH/c1-2-27-17-14(10-22-11-15(17)23-19(27)16-18(21)25-30-24-16)20(29)28-9-5-6-13(28)12-26-7-3-4-8-26;;/h10-11,13H,2-9,12H2,1H3,(H2,21,25);2*1H/t13-;;/m0../s1. The van der Waals surface area contributed by atoms with Gasteiger partial charge in [-0.25, -0.2) is 9.61 Å². The molecule has 2 fully saturated rings. The van der Waals surface area contributed by atoms with Crippen LogP contribution in [0.15, 0.2) is 17.0 Å². The van der Waals surface area contributed by atoms with Gasteiger partial charge in [0.25, 0.3) is 5.91 Å². The second kappa shape index (κ2) is 10.0. The first kappa shape index (κ1) is 24.2. The number of hydrogen-bond donors (Lipinski definition) is 1. The van der Waals surface area contributed by atoms with Crippen LogP contribution in [0.2, 0.25) is 0 Å². The van der Waals surface area contributed by atoms with Gasteiger partial charge in [-0.3, -0.25) is 9.78 Å². The van der Waals surface area contributed by atoms with Crippen LogP contribution in [0.25, 0.3) is 22.6 Å². The van der Waals surface area contributed by atoms with Gasteiger partial charge < -0.3 is 20.1 Å². The number of rotatable bonds is 5. The second-order valence-electron chi connectivity index (χ2n) is 8.03. The molecule has 2 saturated heterocycles. The molecule has 32 heavy (non-hydrogen) atoms. The molecule has 5 heterocycles. The van der Waals surface area contributed by atoms with Crippen LogP contribution in [-0.2, 0) is 6.54 Å². The third-order valence-corrected chi connectivity index (χ3v) is 6.23. The first-order valence-electron chi connectivity index (χ1n) is 10.6. The highest BCUT2D eigenvalue weighted by atomic mass is 35.5. The fraction of sp³-hybridized carbons (Fsp3) is 0.550. The Morgan fingerprint density at radius 3 is 2.62 bits per heavy atom. The molecule has 0 unspecified atom stereocenters. The van der Waals surface area contributed by atoms with E-state index < -0.39 is 0 Å². The van der Waals surface area contributed by atoms with Crippen LogP contribution >= 0.6 is 24.8 Å². The Labute approximate surface area is 198 Å². The summed E-state index contributed by atoms with van der Waals surface area (Å²) >= 11 is 0. The molecule has 0 radical (unpaired) electrons. The van der Waals surface area contributed by atoms with E-state index in [-0.39, 0.29) is 42.6 Å². The summed E-state index contributed by atoms with van der Waals surface area (Å²) in [5, 5.41) is 7.56. The van der Waals surface area contributed by atoms with Crippen LogP contribution in [0.4, 0.5) is 5.82 Å². The molecule has 2 N–H and O–H groups in total. The highest BCUT2D eigenvalue weighted by molar-refractivity contribution is 6.05. The van der Waals surface area contributed by atoms with Gasteiger partial charge in [0, 0.05) is 31.9 Å². The molecule has 2 aliphatic rings. The molecule has 1 atom stereocenters. The lowest BCUT2D eigenvalue weighted by Gasteiger charge is -2.28. The number of nitrogens with zero attached hydrogens (tertiary/aromatic N) is 7. The number of nitrogen functional groups attached to an aromatic ring is 1. The van der Waals surface area contributed by atoms with Crippen LogP contribution in [0.1, 0.15) is 43.0 Å². The summed E-state index contributed by atoms with van der Waals surface area (Å²) < 4.78 is 6.69. The van der Waals surface area contributed by atoms with Crippen LogP contribution < -0.4 is 5.73 Å². The van der Waals surface area contributed by atoms with E-state index in [1.165, 1.54) is 12.8 Å². The Bertz CT molecular complexity index is 1080. The minimum Gasteiger partial charge on any atom is -0.379 e. The molecule has 174 valence electrons. The fourth-order valence-corrected chi connectivity index (χ4v) is 4.80. The minimum atomic E-state index is 0. The number of hydrogen-bond acceptors (Lipinski definition) is 8. The SMILES string of the molecule is CCn1c(-c2nonc2N)nc2cncc(C(=O)N3CCC[C@H]3CN3CCCC3)c21.Cl.Cl. The van der Waals surface area contributed by atoms with Crippen LogP contribution in [0.5, 0.6) is 0 Å². The Hall–Kier alpha value is -2.43. The van der Waals surface area contributed by atoms with Gasteiger partial charge in [-0.05, 0) is 56.0 Å². The molecule has 0 aliphatic carbocycles. The number of likely N-dealkylation sites (tertiary alicyclic amines) is 2. The monoisotopic (exact) mass is 482 g/mol. The van der Waals surface area contributed by atoms with E-state index in [1.54, 1.807) is 12.4 Å². The zero-order chi connectivity index (χ0) is 20.7. The Morgan fingerprint density at radius 2 is 1.94 bits per heavy atom. The topological polar surface area (TPSA) is 119 Å². The maximum absolute atomic E-state index is 13.6. The average molecular weight is 483 g/mol. The molecule has 1 amide bonds. The fourth-order valence-electron chi connectivity index (χ4n) is 4.80. The number of pyridine rings is 1. The molecule has 0 saturated carbocycles. The molecule has 3 aromatic heterocycles. The number of amides is 1. The van der Waals surface area contributed by atoms with E-state index in [4.69, 9.17) is 10.4 Å². The van der Waals surface area contributed by atoms with Gasteiger partial charge in [0.1, 0.15) is 5.52 Å². The molecular formula is C20H28Cl2N8O2. The van der Waals surface area contributed by atoms with Gasteiger partial charge in [-0.2, -0.15) is 0 Å². The maximum atomic E-state index is 13.6. The normalized spacial score (nSPS) is 18.7. The van der Waals surface area contributed by atoms with E-state index >= 15 is 0 Å². The molecule has 0 bridgehead atoms. The van der Waals surface area contributed by atoms with Gasteiger partial charge in [0.2, 0.25) is 0 Å². The van der Waals surface area contributed by atoms with Crippen molar-refractivity contribution in [3.05, 3.63) is 18.0 Å². The smallest absolute Gasteiger partial charge is 0.257 e. The molecule has 0 spiro atoms. The summed E-state index contributed by atoms with van der Waals surface area (Å²) in [6, 6.07) is 0.249. The third-order valence-electron chi connectivity index (χ3n) is 6.23. The van der Waals surface area contributed by atoms with E-state index in [2.05, 4.69) is 25.2 Å². The first-order chi connectivity index (χ1) is 14.7. The number of carbonyl (C=O) groups excluding carboxylic acids is 1. The number of anilines is 1. The summed E-state index contributed by atoms with van der Waals surface area (Å²) in [5.41, 5.74) is 8.22. The number of aryl methyl sites for hydroxylation is 1. The van der Waals surface area contributed by atoms with Crippen molar-refractivity contribution < 1.29 is 9.42 Å². The molecular weight excluding hydrogens is 455 g/mol. The highest BCUT2D eigenvalue weighted by Gasteiger charge is 2.33. The van der Waals surface area contributed by atoms with Crippen LogP contribution in [0.3, 0.4) is 0 Å². The molecule has 2 aliphatic heterocycles. The van der Waals surface area contributed by atoms with E-state index in [9.17, 15) is 4.79 Å². The average Bonchev–Trinajstić information content (AvgIpc) is 3.54. The minimum absolute atomic E-state index is 0. The Morgan fingerprint density at radius 1 is 1.16 bits per heavy atom. The Kier molecular flexibility index (Phi) is 7.58. The van der Waals surface area contributed by atoms with Crippen LogP contribution in [0, 0.1) is 0 Å². The van der Waals surface area contributed by atoms with Gasteiger partial charge >= 0.3 is 0 Å². The zero-order valence-electron chi connectivity index (χ0n) is 17.9. The quantitative estimate of drug-likeness (QED) is 0.588. The number of carbonyl (C=O) groups is 1. The number of fused-ring (bicyclic) bond motifs is 1. The van der Waals surface area contributed by atoms with E-state index in [0.717, 1.165) is 44.5 Å². The lowest BCUT2D eigenvalue weighted by molar-refractivity contribution is 0.0710. The summed E-state index contributed by atoms with van der Waals surface area (Å²) in [7, 11) is 0. The van der Waals surface area contributed by atoms with E-state index in [0.29, 0.717) is 29.1 Å². The second-order valence-corrected chi connectivity index (χ2v) is 8.03. The van der Waals surface area contributed by atoms with Gasteiger partial charge in [-0.1, -0.05) is 0 Å². The van der Waals surface area contributed by atoms with E-state index in [1.807, 2.05) is 16.4 Å². The van der Waals surface area contributed by atoms with Crippen molar-refractivity contribution in [2.45, 2.75) is 45.2 Å². The van der Waals surface area contributed by atoms with Crippen molar-refractivity contribution in [1.82, 2.24) is 34.6 Å². The zero-order valence-corrected chi connectivity index (χ0v) is 19.6. The molecule has 10 nitrogen and oxygen atoms in total. The Balaban J connectivity index is 0.00000144. The van der Waals surface area contributed by atoms with Gasteiger partial charge in [0.05, 0.1) is 17.3 Å². The van der Waals surface area contributed by atoms with Crippen LogP contribution in [-0.4, -0.2) is 72.8 Å². The largest absolute Gasteiger partial charge is 0.379 e. The summed E-state index contributed by atoms with van der Waals surface area (Å²) in [4.78, 5) is 27.1. The predicted octanol–water partition coefficient (Wildman–Crippen LogP) is 2.63. The molecule has 0 aromatic carbocycles. The van der Waals surface area contributed by atoms with Gasteiger partial charge in [-0.15, -0.1) is 24.8 Å². The van der Waals surface area contributed by atoms with Crippen molar-refractivity contribution in [2.24, 2.45) is 0 Å². The number of nitrogens with two attached hydrogens (primary N) is 1. The summed E-state index contributed by atoms with van der Waals surface area (Å²) in [6.07, 6.45) is 7.90. The van der Waals surface area contributed by atoms with Crippen molar-refractivity contribution in [3.63, 3.8) is 0 Å². The number of imidazole rings is 1. The predicted molar refractivity (Wildman–Crippen MR) is 125 cm³/mol. The molecule has 5 rings (SSSR count). The summed E-state index contributed by atoms with van der Waals surface area (Å²) in [6.45, 7) is 6.59. The third kappa shape index (κ3) is 4.14. The highest BCUT2D eigenvalue weighted by Crippen LogP contribution is 2.30. The number of halogens is 2. The van der Waals surface area contributed by atoms with Gasteiger partial charge in [0.15, 0.2) is 17.3 Å². The lowest BCUT2D eigenvalue weighted by Crippen LogP contribution is -2.42. The van der Waals surface area contributed by atoms with Crippen molar-refractivity contribution in [2.75, 3.05) is 31.9 Å². The van der Waals surface area contributed by atoms with Crippen molar-refractivity contribution in [1.29, 1.82) is 0 Å².